The normalized spacial score (nSPS) is 13.2. The van der Waals surface area contributed by atoms with Gasteiger partial charge in [0.15, 0.2) is 0 Å². The molecular weight excluding hydrogens is 144 g/mol. The molecule has 0 aliphatic rings. The molecule has 0 fully saturated rings. The van der Waals surface area contributed by atoms with Crippen molar-refractivity contribution in [2.24, 2.45) is 0 Å². The standard InChI is InChI=1S/C12H10/c1-3-7-11(8-4-1)12-9-5-2-6-10-12/h1-10H/i1D,3D,7D. The summed E-state index contributed by atoms with van der Waals surface area (Å²) >= 11 is 0. The second kappa shape index (κ2) is 3.22. The fourth-order valence-electron chi connectivity index (χ4n) is 1.10. The zero-order valence-corrected chi connectivity index (χ0v) is 6.54. The van der Waals surface area contributed by atoms with Crippen LogP contribution in [0.25, 0.3) is 11.1 Å². The molecule has 2 rings (SSSR count). The Kier molecular flexibility index (Phi) is 1.20. The summed E-state index contributed by atoms with van der Waals surface area (Å²) in [6.45, 7) is 0. The first kappa shape index (κ1) is 4.46. The van der Waals surface area contributed by atoms with E-state index in [0.717, 1.165) is 5.56 Å². The molecule has 0 atom stereocenters. The van der Waals surface area contributed by atoms with Crippen LogP contribution in [0.15, 0.2) is 60.6 Å². The Morgan fingerprint density at radius 1 is 0.750 bits per heavy atom. The Labute approximate surface area is 76.7 Å². The molecule has 0 spiro atoms. The zero-order valence-electron chi connectivity index (χ0n) is 9.54. The topological polar surface area (TPSA) is 0 Å². The minimum absolute atomic E-state index is 0.0173. The van der Waals surface area contributed by atoms with Crippen LogP contribution in [0.5, 0.6) is 0 Å². The van der Waals surface area contributed by atoms with E-state index in [0.29, 0.717) is 5.56 Å². The minimum atomic E-state index is -0.0173. The molecule has 0 radical (unpaired) electrons. The molecule has 0 heteroatoms. The summed E-state index contributed by atoms with van der Waals surface area (Å²) in [6, 6.07) is 13.0. The smallest absolute Gasteiger partial charge is 0.0622 e. The highest BCUT2D eigenvalue weighted by Crippen LogP contribution is 2.17. The highest BCUT2D eigenvalue weighted by atomic mass is 14.0. The van der Waals surface area contributed by atoms with Crippen molar-refractivity contribution in [3.05, 3.63) is 60.6 Å². The lowest BCUT2D eigenvalue weighted by Gasteiger charge is -1.98. The third-order valence-corrected chi connectivity index (χ3v) is 1.69. The van der Waals surface area contributed by atoms with E-state index in [-0.39, 0.29) is 18.1 Å². The Morgan fingerprint density at radius 2 is 1.50 bits per heavy atom. The van der Waals surface area contributed by atoms with Gasteiger partial charge >= 0.3 is 0 Å². The average molecular weight is 157 g/mol. The van der Waals surface area contributed by atoms with E-state index in [4.69, 9.17) is 4.11 Å². The lowest BCUT2D eigenvalue weighted by molar-refractivity contribution is 1.62. The van der Waals surface area contributed by atoms with E-state index < -0.39 is 0 Å². The summed E-state index contributed by atoms with van der Waals surface area (Å²) in [5.74, 6) is 0. The third kappa shape index (κ3) is 1.37. The van der Waals surface area contributed by atoms with Gasteiger partial charge in [0.05, 0.1) is 4.11 Å². The van der Waals surface area contributed by atoms with Gasteiger partial charge in [-0.2, -0.15) is 0 Å². The van der Waals surface area contributed by atoms with Crippen LogP contribution in [0.2, 0.25) is 0 Å². The van der Waals surface area contributed by atoms with Crippen molar-refractivity contribution in [1.29, 1.82) is 0 Å². The second-order valence-corrected chi connectivity index (χ2v) is 2.51. The van der Waals surface area contributed by atoms with E-state index in [1.807, 2.05) is 30.3 Å². The van der Waals surface area contributed by atoms with Gasteiger partial charge < -0.3 is 0 Å². The summed E-state index contributed by atoms with van der Waals surface area (Å²) in [7, 11) is 0. The fraction of sp³-hybridized carbons (Fsp3) is 0. The molecule has 0 unspecified atom stereocenters. The summed E-state index contributed by atoms with van der Waals surface area (Å²) < 4.78 is 22.7. The van der Waals surface area contributed by atoms with Gasteiger partial charge in [0.2, 0.25) is 0 Å². The first-order valence-corrected chi connectivity index (χ1v) is 3.82. The number of hydrogen-bond acceptors (Lipinski definition) is 0. The van der Waals surface area contributed by atoms with E-state index in [1.165, 1.54) is 0 Å². The maximum atomic E-state index is 7.77. The maximum Gasteiger partial charge on any atom is 0.0629 e. The summed E-state index contributed by atoms with van der Waals surface area (Å²) in [6.07, 6.45) is 0. The van der Waals surface area contributed by atoms with Gasteiger partial charge in [-0.05, 0) is 11.1 Å². The molecule has 0 bridgehead atoms. The molecule has 58 valence electrons. The van der Waals surface area contributed by atoms with Gasteiger partial charge in [0.1, 0.15) is 0 Å². The van der Waals surface area contributed by atoms with Crippen LogP contribution in [0.4, 0.5) is 0 Å². The van der Waals surface area contributed by atoms with Gasteiger partial charge in [-0.3, -0.25) is 0 Å². The van der Waals surface area contributed by atoms with Gasteiger partial charge in [0.25, 0.3) is 0 Å². The molecule has 0 aliphatic heterocycles. The molecular formula is C12H10. The monoisotopic (exact) mass is 157 g/mol. The van der Waals surface area contributed by atoms with Crippen molar-refractivity contribution >= 4 is 0 Å². The van der Waals surface area contributed by atoms with Gasteiger partial charge in [0, 0.05) is 0 Å². The lowest BCUT2D eigenvalue weighted by atomic mass is 10.1. The van der Waals surface area contributed by atoms with Crippen LogP contribution >= 0.6 is 0 Å². The summed E-state index contributed by atoms with van der Waals surface area (Å²) in [5, 5.41) is 0. The van der Waals surface area contributed by atoms with Crippen molar-refractivity contribution in [1.82, 2.24) is 0 Å². The van der Waals surface area contributed by atoms with Crippen molar-refractivity contribution in [3.8, 4) is 11.1 Å². The largest absolute Gasteiger partial charge is 0.0629 e. The zero-order chi connectivity index (χ0) is 10.8. The molecule has 0 aromatic heterocycles. The van der Waals surface area contributed by atoms with E-state index in [9.17, 15) is 0 Å². The predicted octanol–water partition coefficient (Wildman–Crippen LogP) is 3.35. The number of hydrogen-bond donors (Lipinski definition) is 0. The first-order chi connectivity index (χ1) is 7.20. The molecule has 0 heterocycles. The Morgan fingerprint density at radius 3 is 2.33 bits per heavy atom. The average Bonchev–Trinajstić information content (AvgIpc) is 2.27. The van der Waals surface area contributed by atoms with Crippen LogP contribution < -0.4 is 0 Å². The molecule has 12 heavy (non-hydrogen) atoms. The molecule has 0 N–H and O–H groups in total. The fourth-order valence-corrected chi connectivity index (χ4v) is 1.10. The molecule has 0 saturated heterocycles. The molecule has 0 amide bonds. The van der Waals surface area contributed by atoms with Crippen molar-refractivity contribution in [2.45, 2.75) is 0 Å². The van der Waals surface area contributed by atoms with Crippen LogP contribution in [0.3, 0.4) is 0 Å². The highest BCUT2D eigenvalue weighted by Gasteiger charge is 1.91. The summed E-state index contributed by atoms with van der Waals surface area (Å²) in [5.41, 5.74) is 1.62. The molecule has 0 aliphatic carbocycles. The summed E-state index contributed by atoms with van der Waals surface area (Å²) in [4.78, 5) is 0. The number of rotatable bonds is 1. The Balaban J connectivity index is 2.60. The molecule has 0 saturated carbocycles. The minimum Gasteiger partial charge on any atom is -0.0622 e. The van der Waals surface area contributed by atoms with E-state index in [2.05, 4.69) is 0 Å². The molecule has 0 nitrogen and oxygen atoms in total. The highest BCUT2D eigenvalue weighted by molar-refractivity contribution is 5.62. The maximum absolute atomic E-state index is 7.77. The van der Waals surface area contributed by atoms with Crippen molar-refractivity contribution in [2.75, 3.05) is 0 Å². The van der Waals surface area contributed by atoms with E-state index in [1.54, 1.807) is 12.1 Å². The van der Waals surface area contributed by atoms with Gasteiger partial charge in [-0.25, -0.2) is 0 Å². The predicted molar refractivity (Wildman–Crippen MR) is 51.9 cm³/mol. The SMILES string of the molecule is [2H]c1ccc(-c2ccccc2)c([2H])c1[2H]. The van der Waals surface area contributed by atoms with Crippen LogP contribution in [-0.4, -0.2) is 0 Å². The Bertz CT molecular complexity index is 478. The van der Waals surface area contributed by atoms with Crippen LogP contribution in [0.1, 0.15) is 4.11 Å². The van der Waals surface area contributed by atoms with Crippen LogP contribution in [-0.2, 0) is 0 Å². The van der Waals surface area contributed by atoms with Crippen molar-refractivity contribution < 1.29 is 4.11 Å². The lowest BCUT2D eigenvalue weighted by Crippen LogP contribution is -1.73. The first-order valence-electron chi connectivity index (χ1n) is 5.32. The number of benzene rings is 2. The third-order valence-electron chi connectivity index (χ3n) is 1.69. The Hall–Kier alpha value is -1.56. The molecule has 2 aromatic carbocycles. The van der Waals surface area contributed by atoms with Crippen LogP contribution in [0, 0.1) is 0 Å². The quantitative estimate of drug-likeness (QED) is 0.595. The van der Waals surface area contributed by atoms with Gasteiger partial charge in [-0.1, -0.05) is 60.6 Å². The second-order valence-electron chi connectivity index (χ2n) is 2.51. The van der Waals surface area contributed by atoms with E-state index >= 15 is 0 Å². The molecule has 2 aromatic rings. The van der Waals surface area contributed by atoms with Gasteiger partial charge in [-0.15, -0.1) is 0 Å². The van der Waals surface area contributed by atoms with Crippen molar-refractivity contribution in [3.63, 3.8) is 0 Å².